The van der Waals surface area contributed by atoms with Crippen molar-refractivity contribution >= 4 is 6.03 Å². The number of hydroxylamine groups is 1. The lowest BCUT2D eigenvalue weighted by atomic mass is 10.2. The molecule has 0 unspecified atom stereocenters. The van der Waals surface area contributed by atoms with Gasteiger partial charge in [0, 0.05) is 12.6 Å². The van der Waals surface area contributed by atoms with Crippen molar-refractivity contribution in [1.82, 2.24) is 10.4 Å². The maximum absolute atomic E-state index is 12.2. The number of amides is 2. The number of benzene rings is 1. The lowest BCUT2D eigenvalue weighted by molar-refractivity contribution is -0.275. The number of halogens is 3. The minimum atomic E-state index is -4.77. The van der Waals surface area contributed by atoms with E-state index in [1.54, 1.807) is 6.07 Å². The Kier molecular flexibility index (Phi) is 4.99. The summed E-state index contributed by atoms with van der Waals surface area (Å²) in [6.45, 7) is -0.0541. The summed E-state index contributed by atoms with van der Waals surface area (Å²) >= 11 is 0. The molecule has 0 radical (unpaired) electrons. The van der Waals surface area contributed by atoms with Crippen LogP contribution in [0.2, 0.25) is 0 Å². The van der Waals surface area contributed by atoms with Crippen LogP contribution in [0.25, 0.3) is 0 Å². The molecule has 1 aromatic rings. The van der Waals surface area contributed by atoms with Crippen LogP contribution in [0, 0.1) is 0 Å². The van der Waals surface area contributed by atoms with E-state index in [-0.39, 0.29) is 17.9 Å². The van der Waals surface area contributed by atoms with Crippen molar-refractivity contribution in [2.24, 2.45) is 0 Å². The highest BCUT2D eigenvalue weighted by Gasteiger charge is 2.32. The van der Waals surface area contributed by atoms with E-state index in [1.165, 1.54) is 32.4 Å². The monoisotopic (exact) mass is 278 g/mol. The number of ether oxygens (including phenoxy) is 1. The summed E-state index contributed by atoms with van der Waals surface area (Å²) in [7, 11) is 2.67. The third-order valence-electron chi connectivity index (χ3n) is 2.14. The molecule has 0 spiro atoms. The lowest BCUT2D eigenvalue weighted by Crippen LogP contribution is -2.36. The molecule has 1 N–H and O–H groups in total. The van der Waals surface area contributed by atoms with Crippen LogP contribution >= 0.6 is 0 Å². The topological polar surface area (TPSA) is 50.8 Å². The van der Waals surface area contributed by atoms with Crippen molar-refractivity contribution in [1.29, 1.82) is 0 Å². The lowest BCUT2D eigenvalue weighted by Gasteiger charge is -2.19. The van der Waals surface area contributed by atoms with Gasteiger partial charge in [0.25, 0.3) is 0 Å². The Balaban J connectivity index is 2.80. The summed E-state index contributed by atoms with van der Waals surface area (Å²) in [5, 5.41) is 0. The van der Waals surface area contributed by atoms with Crippen molar-refractivity contribution in [2.75, 3.05) is 14.2 Å². The van der Waals surface area contributed by atoms with E-state index in [0.29, 0.717) is 0 Å². The number of nitrogens with one attached hydrogen (secondary N) is 1. The van der Waals surface area contributed by atoms with Crippen molar-refractivity contribution in [3.05, 3.63) is 29.8 Å². The second kappa shape index (κ2) is 6.28. The van der Waals surface area contributed by atoms with E-state index in [2.05, 4.69) is 15.1 Å². The molecule has 0 bridgehead atoms. The second-order valence-corrected chi connectivity index (χ2v) is 3.62. The fourth-order valence-electron chi connectivity index (χ4n) is 1.35. The fraction of sp³-hybridized carbons (Fsp3) is 0.364. The molecule has 0 aromatic heterocycles. The Labute approximate surface area is 107 Å². The predicted octanol–water partition coefficient (Wildman–Crippen LogP) is 2.29. The molecule has 2 amide bonds. The first kappa shape index (κ1) is 15.1. The first-order valence-electron chi connectivity index (χ1n) is 5.21. The van der Waals surface area contributed by atoms with Gasteiger partial charge >= 0.3 is 12.4 Å². The van der Waals surface area contributed by atoms with Crippen molar-refractivity contribution in [3.8, 4) is 5.75 Å². The summed E-state index contributed by atoms with van der Waals surface area (Å²) in [5.74, 6) is -0.341. The summed E-state index contributed by atoms with van der Waals surface area (Å²) in [4.78, 5) is 16.9. The Morgan fingerprint density at radius 2 is 2.00 bits per heavy atom. The molecule has 0 aliphatic rings. The minimum absolute atomic E-state index is 0.0541. The minimum Gasteiger partial charge on any atom is -0.405 e. The number of alkyl halides is 3. The largest absolute Gasteiger partial charge is 0.573 e. The summed E-state index contributed by atoms with van der Waals surface area (Å²) in [5.41, 5.74) is 2.29. The molecule has 5 nitrogen and oxygen atoms in total. The fourth-order valence-corrected chi connectivity index (χ4v) is 1.35. The van der Waals surface area contributed by atoms with E-state index in [0.717, 1.165) is 4.90 Å². The van der Waals surface area contributed by atoms with Gasteiger partial charge in [0.1, 0.15) is 5.75 Å². The molecular formula is C11H13F3N2O3. The van der Waals surface area contributed by atoms with Crippen LogP contribution in [0.4, 0.5) is 18.0 Å². The summed E-state index contributed by atoms with van der Waals surface area (Å²) < 4.78 is 40.5. The number of urea groups is 1. The van der Waals surface area contributed by atoms with E-state index < -0.39 is 12.4 Å². The van der Waals surface area contributed by atoms with Crippen LogP contribution in [0.5, 0.6) is 5.75 Å². The zero-order valence-corrected chi connectivity index (χ0v) is 10.3. The summed E-state index contributed by atoms with van der Waals surface area (Å²) in [6.07, 6.45) is -4.77. The van der Waals surface area contributed by atoms with Crippen LogP contribution in [0.15, 0.2) is 24.3 Å². The van der Waals surface area contributed by atoms with Gasteiger partial charge in [-0.1, -0.05) is 18.2 Å². The van der Waals surface area contributed by atoms with Crippen LogP contribution in [-0.2, 0) is 11.4 Å². The molecule has 8 heteroatoms. The zero-order valence-electron chi connectivity index (χ0n) is 10.3. The Morgan fingerprint density at radius 1 is 1.37 bits per heavy atom. The smallest absolute Gasteiger partial charge is 0.405 e. The Hall–Kier alpha value is -1.96. The number of hydrogen-bond donors (Lipinski definition) is 1. The molecule has 0 saturated carbocycles. The van der Waals surface area contributed by atoms with Crippen molar-refractivity contribution in [3.63, 3.8) is 0 Å². The van der Waals surface area contributed by atoms with Crippen LogP contribution in [-0.4, -0.2) is 31.5 Å². The highest BCUT2D eigenvalue weighted by molar-refractivity contribution is 5.72. The number of nitrogens with zero attached hydrogens (tertiary/aromatic N) is 1. The molecule has 19 heavy (non-hydrogen) atoms. The normalized spacial score (nSPS) is 11.0. The molecule has 106 valence electrons. The zero-order chi connectivity index (χ0) is 14.5. The van der Waals surface area contributed by atoms with Gasteiger partial charge in [-0.2, -0.15) is 0 Å². The van der Waals surface area contributed by atoms with E-state index in [4.69, 9.17) is 0 Å². The average molecular weight is 278 g/mol. The first-order valence-corrected chi connectivity index (χ1v) is 5.21. The maximum Gasteiger partial charge on any atom is 0.573 e. The predicted molar refractivity (Wildman–Crippen MR) is 60.1 cm³/mol. The highest BCUT2D eigenvalue weighted by atomic mass is 19.4. The van der Waals surface area contributed by atoms with E-state index >= 15 is 0 Å². The molecule has 0 atom stereocenters. The van der Waals surface area contributed by atoms with Crippen molar-refractivity contribution < 1.29 is 27.5 Å². The Bertz CT molecular complexity index is 437. The molecule has 0 heterocycles. The summed E-state index contributed by atoms with van der Waals surface area (Å²) in [6, 6.07) is 5.02. The van der Waals surface area contributed by atoms with Gasteiger partial charge in [-0.3, -0.25) is 4.84 Å². The third-order valence-corrected chi connectivity index (χ3v) is 2.14. The van der Waals surface area contributed by atoms with Gasteiger partial charge in [-0.15, -0.1) is 13.2 Å². The van der Waals surface area contributed by atoms with Gasteiger partial charge in [-0.05, 0) is 6.07 Å². The van der Waals surface area contributed by atoms with Gasteiger partial charge in [0.15, 0.2) is 0 Å². The van der Waals surface area contributed by atoms with Gasteiger partial charge in [-0.25, -0.2) is 10.3 Å². The number of hydrogen-bond acceptors (Lipinski definition) is 3. The molecule has 0 fully saturated rings. The number of carbonyl (C=O) groups excluding carboxylic acids is 1. The standard InChI is InChI=1S/C11H13F3N2O3/c1-16(10(17)15-18-2)7-8-5-3-4-6-9(8)19-11(12,13)14/h3-6H,7H2,1-2H3,(H,15,17). The first-order chi connectivity index (χ1) is 8.83. The molecule has 1 rings (SSSR count). The SMILES string of the molecule is CONC(=O)N(C)Cc1ccccc1OC(F)(F)F. The number of rotatable bonds is 4. The molecular weight excluding hydrogens is 265 g/mol. The van der Waals surface area contributed by atoms with Gasteiger partial charge < -0.3 is 9.64 Å². The molecule has 1 aromatic carbocycles. The van der Waals surface area contributed by atoms with Crippen LogP contribution < -0.4 is 10.2 Å². The number of carbonyl (C=O) groups is 1. The van der Waals surface area contributed by atoms with Crippen molar-refractivity contribution in [2.45, 2.75) is 12.9 Å². The quantitative estimate of drug-likeness (QED) is 0.860. The average Bonchev–Trinajstić information content (AvgIpc) is 2.30. The molecule has 0 aliphatic carbocycles. The molecule has 0 aliphatic heterocycles. The van der Waals surface area contributed by atoms with E-state index in [9.17, 15) is 18.0 Å². The van der Waals surface area contributed by atoms with Gasteiger partial charge in [0.05, 0.1) is 13.7 Å². The van der Waals surface area contributed by atoms with Crippen LogP contribution in [0.1, 0.15) is 5.56 Å². The van der Waals surface area contributed by atoms with Crippen LogP contribution in [0.3, 0.4) is 0 Å². The van der Waals surface area contributed by atoms with Gasteiger partial charge in [0.2, 0.25) is 0 Å². The number of para-hydroxylation sites is 1. The van der Waals surface area contributed by atoms with E-state index in [1.807, 2.05) is 0 Å². The highest BCUT2D eigenvalue weighted by Crippen LogP contribution is 2.26. The third kappa shape index (κ3) is 5.04. The Morgan fingerprint density at radius 3 is 2.58 bits per heavy atom. The second-order valence-electron chi connectivity index (χ2n) is 3.62. The molecule has 0 saturated heterocycles. The maximum atomic E-state index is 12.2.